The number of thiazole rings is 1. The van der Waals surface area contributed by atoms with Gasteiger partial charge in [-0.25, -0.2) is 14.2 Å². The van der Waals surface area contributed by atoms with Crippen LogP contribution in [0.2, 0.25) is 0 Å². The van der Waals surface area contributed by atoms with Crippen molar-refractivity contribution < 1.29 is 37.0 Å². The van der Waals surface area contributed by atoms with Crippen molar-refractivity contribution in [3.8, 4) is 5.75 Å². The molecule has 0 saturated heterocycles. The Morgan fingerprint density at radius 3 is 2.31 bits per heavy atom. The first-order valence-electron chi connectivity index (χ1n) is 11.1. The average molecular weight is 525 g/mol. The number of halogens is 4. The van der Waals surface area contributed by atoms with Crippen LogP contribution in [0.15, 0.2) is 36.4 Å². The lowest BCUT2D eigenvalue weighted by atomic mass is 9.86. The number of nitrogens with zero attached hydrogens (tertiary/aromatic N) is 1. The normalized spacial score (nSPS) is 16.0. The zero-order valence-corrected chi connectivity index (χ0v) is 20.5. The van der Waals surface area contributed by atoms with E-state index in [2.05, 4.69) is 10.3 Å². The van der Waals surface area contributed by atoms with Gasteiger partial charge in [-0.15, -0.1) is 11.3 Å². The first-order valence-corrected chi connectivity index (χ1v) is 12.0. The smallest absolute Gasteiger partial charge is 0.416 e. The zero-order chi connectivity index (χ0) is 26.5. The van der Waals surface area contributed by atoms with E-state index in [9.17, 15) is 32.3 Å². The molecule has 4 rings (SSSR count). The summed E-state index contributed by atoms with van der Waals surface area (Å²) in [5.74, 6) is -1.93. The molecule has 1 heterocycles. The molecule has 0 radical (unpaired) electrons. The van der Waals surface area contributed by atoms with E-state index in [0.717, 1.165) is 23.5 Å². The summed E-state index contributed by atoms with van der Waals surface area (Å²) in [6.45, 7) is 4.81. The number of aliphatic carboxylic acids is 1. The van der Waals surface area contributed by atoms with Crippen LogP contribution in [0.1, 0.15) is 60.1 Å². The Morgan fingerprint density at radius 1 is 1.14 bits per heavy atom. The van der Waals surface area contributed by atoms with Crippen molar-refractivity contribution in [3.63, 3.8) is 0 Å². The number of carboxylic acid groups (broad SMARTS) is 1. The Hall–Kier alpha value is -3.21. The molecule has 1 aromatic heterocycles. The van der Waals surface area contributed by atoms with Gasteiger partial charge < -0.3 is 15.2 Å². The van der Waals surface area contributed by atoms with E-state index in [-0.39, 0.29) is 28.4 Å². The number of benzene rings is 2. The molecule has 1 aliphatic rings. The number of hydrogen-bond donors (Lipinski definition) is 2. The fraction of sp³-hybridized carbons (Fsp3) is 0.400. The molecule has 3 aromatic rings. The van der Waals surface area contributed by atoms with Crippen molar-refractivity contribution in [3.05, 3.63) is 58.1 Å². The molecule has 192 valence electrons. The van der Waals surface area contributed by atoms with Gasteiger partial charge in [0.2, 0.25) is 0 Å². The SMILES string of the molecule is CC(C)(C)C(NC(=O)c1ccc2sc(C3(F)CC3)nc2c1OCc1ccc(C(F)(F)F)cc1)C(=O)O. The molecule has 1 aliphatic carbocycles. The Bertz CT molecular complexity index is 1310. The Labute approximate surface area is 208 Å². The summed E-state index contributed by atoms with van der Waals surface area (Å²) in [5, 5.41) is 12.4. The van der Waals surface area contributed by atoms with Crippen molar-refractivity contribution in [1.82, 2.24) is 10.3 Å². The second-order valence-electron chi connectivity index (χ2n) is 9.87. The minimum atomic E-state index is -4.48. The molecular formula is C25H24F4N2O4S. The molecule has 2 aromatic carbocycles. The standard InChI is InChI=1S/C25H24F4N2O4S/c1-23(2,3)19(21(33)34)31-20(32)15-8-9-16-17(30-22(36-16)24(26)10-11-24)18(15)35-12-13-4-6-14(7-5-13)25(27,28)29/h4-9,19H,10-12H2,1-3H3,(H,31,32)(H,33,34). The molecule has 1 atom stereocenters. The van der Waals surface area contributed by atoms with Crippen LogP contribution in [0.3, 0.4) is 0 Å². The zero-order valence-electron chi connectivity index (χ0n) is 19.7. The molecule has 1 saturated carbocycles. The van der Waals surface area contributed by atoms with Gasteiger partial charge in [-0.2, -0.15) is 13.2 Å². The van der Waals surface area contributed by atoms with Gasteiger partial charge in [0.15, 0.2) is 11.4 Å². The highest BCUT2D eigenvalue weighted by molar-refractivity contribution is 7.18. The summed E-state index contributed by atoms with van der Waals surface area (Å²) in [6, 6.07) is 6.20. The summed E-state index contributed by atoms with van der Waals surface area (Å²) in [6.07, 6.45) is -3.80. The third kappa shape index (κ3) is 5.30. The molecule has 1 amide bonds. The first-order chi connectivity index (χ1) is 16.7. The van der Waals surface area contributed by atoms with E-state index < -0.39 is 40.7 Å². The topological polar surface area (TPSA) is 88.5 Å². The number of carboxylic acids is 1. The second kappa shape index (κ2) is 9.02. The summed E-state index contributed by atoms with van der Waals surface area (Å²) in [4.78, 5) is 29.3. The Kier molecular flexibility index (Phi) is 6.48. The second-order valence-corrected chi connectivity index (χ2v) is 10.9. The van der Waals surface area contributed by atoms with Crippen LogP contribution in [0.4, 0.5) is 17.6 Å². The fourth-order valence-corrected chi connectivity index (χ4v) is 4.72. The maximum atomic E-state index is 14.7. The number of amides is 1. The number of fused-ring (bicyclic) bond motifs is 1. The molecule has 6 nitrogen and oxygen atoms in total. The number of aromatic nitrogens is 1. The van der Waals surface area contributed by atoms with Gasteiger partial charge in [0.25, 0.3) is 5.91 Å². The van der Waals surface area contributed by atoms with Crippen LogP contribution >= 0.6 is 11.3 Å². The van der Waals surface area contributed by atoms with Gasteiger partial charge in [0, 0.05) is 0 Å². The lowest BCUT2D eigenvalue weighted by Gasteiger charge is -2.28. The number of nitrogens with one attached hydrogen (secondary N) is 1. The van der Waals surface area contributed by atoms with Crippen LogP contribution in [-0.4, -0.2) is 28.0 Å². The number of carbonyl (C=O) groups is 2. The maximum absolute atomic E-state index is 14.7. The first kappa shape index (κ1) is 25.9. The number of carbonyl (C=O) groups excluding carboxylic acids is 1. The highest BCUT2D eigenvalue weighted by Gasteiger charge is 2.48. The lowest BCUT2D eigenvalue weighted by molar-refractivity contribution is -0.142. The van der Waals surface area contributed by atoms with Crippen molar-refractivity contribution in [1.29, 1.82) is 0 Å². The molecular weight excluding hydrogens is 500 g/mol. The Morgan fingerprint density at radius 2 is 1.78 bits per heavy atom. The minimum Gasteiger partial charge on any atom is -0.486 e. The molecule has 1 fully saturated rings. The van der Waals surface area contributed by atoms with Crippen LogP contribution in [0.5, 0.6) is 5.75 Å². The van der Waals surface area contributed by atoms with Crippen LogP contribution < -0.4 is 10.1 Å². The Balaban J connectivity index is 1.69. The van der Waals surface area contributed by atoms with Crippen LogP contribution in [0, 0.1) is 5.41 Å². The number of alkyl halides is 4. The molecule has 36 heavy (non-hydrogen) atoms. The van der Waals surface area contributed by atoms with Gasteiger partial charge >= 0.3 is 12.1 Å². The number of rotatable bonds is 7. The highest BCUT2D eigenvalue weighted by Crippen LogP contribution is 2.52. The molecule has 2 N–H and O–H groups in total. The third-order valence-electron chi connectivity index (χ3n) is 5.88. The summed E-state index contributed by atoms with van der Waals surface area (Å²) in [7, 11) is 0. The van der Waals surface area contributed by atoms with E-state index in [1.54, 1.807) is 26.8 Å². The molecule has 1 unspecified atom stereocenters. The van der Waals surface area contributed by atoms with Gasteiger partial charge in [-0.1, -0.05) is 32.9 Å². The van der Waals surface area contributed by atoms with Crippen LogP contribution in [-0.2, 0) is 23.2 Å². The quantitative estimate of drug-likeness (QED) is 0.366. The van der Waals surface area contributed by atoms with Gasteiger partial charge in [-0.3, -0.25) is 4.79 Å². The molecule has 11 heteroatoms. The number of hydrogen-bond acceptors (Lipinski definition) is 5. The summed E-state index contributed by atoms with van der Waals surface area (Å²) < 4.78 is 59.8. The summed E-state index contributed by atoms with van der Waals surface area (Å²) in [5.41, 5.74) is -2.49. The average Bonchev–Trinajstić information content (AvgIpc) is 3.37. The monoisotopic (exact) mass is 524 g/mol. The van der Waals surface area contributed by atoms with Crippen molar-refractivity contribution in [2.24, 2.45) is 5.41 Å². The van der Waals surface area contributed by atoms with E-state index in [0.29, 0.717) is 23.1 Å². The van der Waals surface area contributed by atoms with Gasteiger partial charge in [0.05, 0.1) is 15.8 Å². The lowest BCUT2D eigenvalue weighted by Crippen LogP contribution is -2.49. The van der Waals surface area contributed by atoms with Crippen molar-refractivity contribution in [2.45, 2.75) is 58.1 Å². The van der Waals surface area contributed by atoms with Gasteiger partial charge in [-0.05, 0) is 48.1 Å². The predicted octanol–water partition coefficient (Wildman–Crippen LogP) is 6.08. The molecule has 0 aliphatic heterocycles. The largest absolute Gasteiger partial charge is 0.486 e. The number of ether oxygens (including phenoxy) is 1. The van der Waals surface area contributed by atoms with E-state index in [4.69, 9.17) is 4.74 Å². The van der Waals surface area contributed by atoms with E-state index in [1.165, 1.54) is 18.2 Å². The molecule has 0 spiro atoms. The molecule has 0 bridgehead atoms. The summed E-state index contributed by atoms with van der Waals surface area (Å²) >= 11 is 1.13. The fourth-order valence-electron chi connectivity index (χ4n) is 3.61. The predicted molar refractivity (Wildman–Crippen MR) is 126 cm³/mol. The highest BCUT2D eigenvalue weighted by atomic mass is 32.1. The van der Waals surface area contributed by atoms with E-state index in [1.807, 2.05) is 0 Å². The van der Waals surface area contributed by atoms with Crippen LogP contribution in [0.25, 0.3) is 10.2 Å². The van der Waals surface area contributed by atoms with Crippen molar-refractivity contribution >= 4 is 33.4 Å². The minimum absolute atomic E-state index is 0.00883. The van der Waals surface area contributed by atoms with E-state index >= 15 is 0 Å². The van der Waals surface area contributed by atoms with Gasteiger partial charge in [0.1, 0.15) is 23.2 Å². The maximum Gasteiger partial charge on any atom is 0.416 e. The third-order valence-corrected chi connectivity index (χ3v) is 7.08. The van der Waals surface area contributed by atoms with Crippen molar-refractivity contribution in [2.75, 3.05) is 0 Å².